The van der Waals surface area contributed by atoms with Gasteiger partial charge in [-0.3, -0.25) is 4.98 Å². The minimum absolute atomic E-state index is 1.01. The van der Waals surface area contributed by atoms with Gasteiger partial charge in [-0.05, 0) is 30.2 Å². The number of fused-ring (bicyclic) bond motifs is 1. The van der Waals surface area contributed by atoms with E-state index in [1.807, 2.05) is 12.3 Å². The number of pyridine rings is 1. The van der Waals surface area contributed by atoms with Crippen molar-refractivity contribution in [1.82, 2.24) is 4.98 Å². The van der Waals surface area contributed by atoms with Gasteiger partial charge in [-0.1, -0.05) is 28.1 Å². The highest BCUT2D eigenvalue weighted by molar-refractivity contribution is 9.09. The molecule has 13 heavy (non-hydrogen) atoms. The van der Waals surface area contributed by atoms with Crippen molar-refractivity contribution in [3.05, 3.63) is 42.1 Å². The monoisotopic (exact) mass is 235 g/mol. The van der Waals surface area contributed by atoms with E-state index >= 15 is 0 Å². The number of hydrogen-bond acceptors (Lipinski definition) is 1. The second-order valence-electron chi connectivity index (χ2n) is 2.97. The summed E-state index contributed by atoms with van der Waals surface area (Å²) in [6, 6.07) is 10.5. The minimum Gasteiger partial charge on any atom is -0.256 e. The molecular weight excluding hydrogens is 226 g/mol. The predicted molar refractivity (Wildman–Crippen MR) is 59.2 cm³/mol. The molecule has 0 amide bonds. The van der Waals surface area contributed by atoms with Crippen LogP contribution in [0, 0.1) is 0 Å². The fourth-order valence-corrected chi connectivity index (χ4v) is 1.85. The molecule has 0 atom stereocenters. The molecule has 2 rings (SSSR count). The number of aromatic nitrogens is 1. The van der Waals surface area contributed by atoms with Crippen molar-refractivity contribution in [1.29, 1.82) is 0 Å². The summed E-state index contributed by atoms with van der Waals surface area (Å²) in [6.45, 7) is 0. The van der Waals surface area contributed by atoms with Gasteiger partial charge in [-0.15, -0.1) is 0 Å². The summed E-state index contributed by atoms with van der Waals surface area (Å²) < 4.78 is 0. The summed E-state index contributed by atoms with van der Waals surface area (Å²) in [7, 11) is 0. The van der Waals surface area contributed by atoms with Crippen LogP contribution in [0.15, 0.2) is 36.5 Å². The van der Waals surface area contributed by atoms with Crippen LogP contribution in [-0.4, -0.2) is 10.3 Å². The first kappa shape index (κ1) is 8.70. The quantitative estimate of drug-likeness (QED) is 0.730. The zero-order valence-corrected chi connectivity index (χ0v) is 8.79. The number of aryl methyl sites for hydroxylation is 1. The second-order valence-corrected chi connectivity index (χ2v) is 3.76. The van der Waals surface area contributed by atoms with Gasteiger partial charge >= 0.3 is 0 Å². The third-order valence-corrected chi connectivity index (χ3v) is 2.45. The molecule has 0 bridgehead atoms. The Bertz CT molecular complexity index is 412. The summed E-state index contributed by atoms with van der Waals surface area (Å²) in [5, 5.41) is 2.24. The largest absolute Gasteiger partial charge is 0.256 e. The molecule has 0 aliphatic heterocycles. The van der Waals surface area contributed by atoms with E-state index in [1.165, 1.54) is 10.9 Å². The van der Waals surface area contributed by atoms with E-state index in [0.29, 0.717) is 0 Å². The molecule has 0 aliphatic carbocycles. The van der Waals surface area contributed by atoms with Crippen LogP contribution >= 0.6 is 15.9 Å². The van der Waals surface area contributed by atoms with Crippen LogP contribution in [0.5, 0.6) is 0 Å². The van der Waals surface area contributed by atoms with E-state index in [2.05, 4.69) is 45.2 Å². The lowest BCUT2D eigenvalue weighted by molar-refractivity contribution is 1.17. The minimum atomic E-state index is 1.01. The highest BCUT2D eigenvalue weighted by Gasteiger charge is 1.95. The Morgan fingerprint density at radius 1 is 1.23 bits per heavy atom. The van der Waals surface area contributed by atoms with E-state index in [1.54, 1.807) is 0 Å². The van der Waals surface area contributed by atoms with Crippen molar-refractivity contribution in [2.45, 2.75) is 6.42 Å². The number of hydrogen-bond donors (Lipinski definition) is 0. The smallest absolute Gasteiger partial charge is 0.0702 e. The van der Waals surface area contributed by atoms with E-state index < -0.39 is 0 Å². The summed E-state index contributed by atoms with van der Waals surface area (Å²) in [5.41, 5.74) is 2.43. The third-order valence-electron chi connectivity index (χ3n) is 2.05. The first-order chi connectivity index (χ1) is 6.40. The third kappa shape index (κ3) is 1.89. The van der Waals surface area contributed by atoms with E-state index in [-0.39, 0.29) is 0 Å². The van der Waals surface area contributed by atoms with E-state index in [0.717, 1.165) is 17.3 Å². The number of halogens is 1. The molecule has 1 aromatic heterocycles. The summed E-state index contributed by atoms with van der Waals surface area (Å²) in [5.74, 6) is 0. The number of alkyl halides is 1. The molecule has 0 saturated heterocycles. The normalized spacial score (nSPS) is 10.5. The van der Waals surface area contributed by atoms with Gasteiger partial charge in [0.25, 0.3) is 0 Å². The highest BCUT2D eigenvalue weighted by Crippen LogP contribution is 2.13. The van der Waals surface area contributed by atoms with Crippen LogP contribution in [-0.2, 0) is 6.42 Å². The van der Waals surface area contributed by atoms with Crippen LogP contribution in [0.3, 0.4) is 0 Å². The number of nitrogens with zero attached hydrogens (tertiary/aromatic N) is 1. The molecule has 2 heteroatoms. The average molecular weight is 236 g/mol. The van der Waals surface area contributed by atoms with Crippen LogP contribution in [0.25, 0.3) is 10.9 Å². The Hall–Kier alpha value is -0.890. The highest BCUT2D eigenvalue weighted by atomic mass is 79.9. The van der Waals surface area contributed by atoms with Crippen molar-refractivity contribution in [2.75, 3.05) is 5.33 Å². The Labute approximate surface area is 85.9 Å². The van der Waals surface area contributed by atoms with Gasteiger partial charge < -0.3 is 0 Å². The molecule has 66 valence electrons. The van der Waals surface area contributed by atoms with Crippen molar-refractivity contribution < 1.29 is 0 Å². The number of benzene rings is 1. The Morgan fingerprint density at radius 2 is 2.15 bits per heavy atom. The van der Waals surface area contributed by atoms with Gasteiger partial charge in [-0.25, -0.2) is 0 Å². The first-order valence-corrected chi connectivity index (χ1v) is 5.42. The summed E-state index contributed by atoms with van der Waals surface area (Å²) >= 11 is 3.43. The lowest BCUT2D eigenvalue weighted by atomic mass is 10.1. The standard InChI is InChI=1S/C11H10BrN/c12-6-5-9-3-4-11-10(8-9)2-1-7-13-11/h1-4,7-8H,5-6H2. The Kier molecular flexibility index (Phi) is 2.60. The maximum Gasteiger partial charge on any atom is 0.0702 e. The van der Waals surface area contributed by atoms with Gasteiger partial charge in [0.15, 0.2) is 0 Å². The predicted octanol–water partition coefficient (Wildman–Crippen LogP) is 3.17. The van der Waals surface area contributed by atoms with Gasteiger partial charge in [0.2, 0.25) is 0 Å². The maximum absolute atomic E-state index is 4.27. The molecule has 0 unspecified atom stereocenters. The van der Waals surface area contributed by atoms with Crippen molar-refractivity contribution in [2.24, 2.45) is 0 Å². The molecule has 0 radical (unpaired) electrons. The van der Waals surface area contributed by atoms with Crippen LogP contribution < -0.4 is 0 Å². The molecular formula is C11H10BrN. The maximum atomic E-state index is 4.27. The lowest BCUT2D eigenvalue weighted by Crippen LogP contribution is -1.86. The SMILES string of the molecule is BrCCc1ccc2ncccc2c1. The van der Waals surface area contributed by atoms with Crippen molar-refractivity contribution in [3.63, 3.8) is 0 Å². The second kappa shape index (κ2) is 3.88. The molecule has 0 spiro atoms. The average Bonchev–Trinajstić information content (AvgIpc) is 2.18. The molecule has 0 saturated carbocycles. The first-order valence-electron chi connectivity index (χ1n) is 4.30. The molecule has 2 aromatic rings. The molecule has 1 heterocycles. The Balaban J connectivity index is 2.49. The molecule has 0 aliphatic rings. The molecule has 1 aromatic carbocycles. The lowest BCUT2D eigenvalue weighted by Gasteiger charge is -2.00. The van der Waals surface area contributed by atoms with Gasteiger partial charge in [0.1, 0.15) is 0 Å². The fraction of sp³-hybridized carbons (Fsp3) is 0.182. The zero-order valence-electron chi connectivity index (χ0n) is 7.20. The zero-order chi connectivity index (χ0) is 9.10. The Morgan fingerprint density at radius 3 is 3.00 bits per heavy atom. The fourth-order valence-electron chi connectivity index (χ4n) is 1.39. The topological polar surface area (TPSA) is 12.9 Å². The van der Waals surface area contributed by atoms with Crippen molar-refractivity contribution >= 4 is 26.8 Å². The van der Waals surface area contributed by atoms with E-state index in [4.69, 9.17) is 0 Å². The van der Waals surface area contributed by atoms with Crippen LogP contribution in [0.2, 0.25) is 0 Å². The molecule has 0 N–H and O–H groups in total. The van der Waals surface area contributed by atoms with Gasteiger partial charge in [0, 0.05) is 16.9 Å². The number of rotatable bonds is 2. The summed E-state index contributed by atoms with van der Waals surface area (Å²) in [4.78, 5) is 4.27. The van der Waals surface area contributed by atoms with Crippen LogP contribution in [0.1, 0.15) is 5.56 Å². The molecule has 1 nitrogen and oxygen atoms in total. The van der Waals surface area contributed by atoms with Gasteiger partial charge in [-0.2, -0.15) is 0 Å². The molecule has 0 fully saturated rings. The van der Waals surface area contributed by atoms with Gasteiger partial charge in [0.05, 0.1) is 5.52 Å². The summed E-state index contributed by atoms with van der Waals surface area (Å²) in [6.07, 6.45) is 2.90. The van der Waals surface area contributed by atoms with Crippen molar-refractivity contribution in [3.8, 4) is 0 Å². The van der Waals surface area contributed by atoms with Crippen LogP contribution in [0.4, 0.5) is 0 Å². The van der Waals surface area contributed by atoms with E-state index in [9.17, 15) is 0 Å².